The Bertz CT molecular complexity index is 1500. The Morgan fingerprint density at radius 3 is 2.30 bits per heavy atom. The summed E-state index contributed by atoms with van der Waals surface area (Å²) in [4.78, 5) is 4.90. The van der Waals surface area contributed by atoms with Gasteiger partial charge >= 0.3 is 0 Å². The van der Waals surface area contributed by atoms with Crippen LogP contribution in [0.4, 0.5) is 0 Å². The van der Waals surface area contributed by atoms with Crippen LogP contribution in [0.3, 0.4) is 0 Å². The van der Waals surface area contributed by atoms with Crippen LogP contribution >= 0.6 is 11.3 Å². The average molecular weight is 682 g/mol. The Labute approximate surface area is 237 Å². The van der Waals surface area contributed by atoms with Crippen molar-refractivity contribution in [3.63, 3.8) is 0 Å². The summed E-state index contributed by atoms with van der Waals surface area (Å²) < 4.78 is 5.33. The quantitative estimate of drug-likeness (QED) is 0.173. The van der Waals surface area contributed by atoms with Crippen molar-refractivity contribution in [3.05, 3.63) is 84.2 Å². The van der Waals surface area contributed by atoms with Gasteiger partial charge in [-0.2, -0.15) is 0 Å². The third-order valence-corrected chi connectivity index (χ3v) is 9.72. The third-order valence-electron chi connectivity index (χ3n) is 8.60. The molecule has 191 valence electrons. The number of benzene rings is 3. The molecule has 2 saturated carbocycles. The first-order valence-corrected chi connectivity index (χ1v) is 14.7. The molecule has 7 rings (SSSR count). The van der Waals surface area contributed by atoms with E-state index in [4.69, 9.17) is 4.98 Å². The Morgan fingerprint density at radius 2 is 1.54 bits per heavy atom. The summed E-state index contributed by atoms with van der Waals surface area (Å²) in [6.45, 7) is 0. The molecular weight excluding hydrogens is 649 g/mol. The molecule has 1 radical (unpaired) electrons. The fraction of sp³-hybridized carbons (Fsp3) is 0.364. The van der Waals surface area contributed by atoms with Gasteiger partial charge < -0.3 is 4.57 Å². The summed E-state index contributed by atoms with van der Waals surface area (Å²) in [5.74, 6) is 2.25. The van der Waals surface area contributed by atoms with E-state index < -0.39 is 0 Å². The van der Waals surface area contributed by atoms with Crippen LogP contribution in [0.25, 0.3) is 37.2 Å². The van der Waals surface area contributed by atoms with Crippen LogP contribution < -0.4 is 0 Å². The molecule has 37 heavy (non-hydrogen) atoms. The second-order valence-electron chi connectivity index (χ2n) is 10.8. The maximum Gasteiger partial charge on any atom is 0.0602 e. The van der Waals surface area contributed by atoms with Gasteiger partial charge in [-0.15, -0.1) is 47.2 Å². The Kier molecular flexibility index (Phi) is 7.34. The summed E-state index contributed by atoms with van der Waals surface area (Å²) in [6, 6.07) is 23.4. The smallest absolute Gasteiger partial charge is 0.0602 e. The summed E-state index contributed by atoms with van der Waals surface area (Å²) in [5.41, 5.74) is 5.67. The van der Waals surface area contributed by atoms with E-state index in [-0.39, 0.29) is 20.1 Å². The Balaban J connectivity index is 0.00000252. The van der Waals surface area contributed by atoms with Crippen molar-refractivity contribution in [3.8, 4) is 17.1 Å². The molecular formula is C33H33IrN2S-. The molecule has 5 aromatic rings. The first-order valence-electron chi connectivity index (χ1n) is 13.9. The first-order chi connectivity index (χ1) is 17.9. The van der Waals surface area contributed by atoms with Crippen molar-refractivity contribution < 1.29 is 20.1 Å². The van der Waals surface area contributed by atoms with E-state index in [2.05, 4.69) is 59.3 Å². The van der Waals surface area contributed by atoms with Crippen LogP contribution in [0.1, 0.15) is 87.2 Å². The monoisotopic (exact) mass is 682 g/mol. The van der Waals surface area contributed by atoms with Crippen LogP contribution in [-0.2, 0) is 20.1 Å². The molecule has 0 spiro atoms. The normalized spacial score (nSPS) is 17.3. The number of thiophene rings is 1. The summed E-state index contributed by atoms with van der Waals surface area (Å²) in [5, 5.41) is 2.94. The van der Waals surface area contributed by atoms with Crippen molar-refractivity contribution in [2.24, 2.45) is 0 Å². The standard InChI is InChI=1S/C33H33N2S.Ir/c1-4-12-23(13-5-1)27-22-29-31(26-18-10-11-19-28(26)36-29)30(24-14-6-2-7-15-24)32(27)35-21-20-34-33(35)25-16-8-3-9-17-25;/h3,8-11,16,18-24H,1-2,4-7,12-15H2;/q-1;. The van der Waals surface area contributed by atoms with E-state index in [1.54, 1.807) is 11.1 Å². The van der Waals surface area contributed by atoms with E-state index in [0.29, 0.717) is 11.8 Å². The molecule has 0 amide bonds. The van der Waals surface area contributed by atoms with Crippen LogP contribution in [0, 0.1) is 6.07 Å². The molecule has 0 N–H and O–H groups in total. The Morgan fingerprint density at radius 1 is 0.811 bits per heavy atom. The number of nitrogens with zero attached hydrogens (tertiary/aromatic N) is 2. The van der Waals surface area contributed by atoms with E-state index in [1.165, 1.54) is 90.1 Å². The van der Waals surface area contributed by atoms with Crippen molar-refractivity contribution in [1.82, 2.24) is 9.55 Å². The first kappa shape index (κ1) is 25.0. The van der Waals surface area contributed by atoms with Gasteiger partial charge in [0, 0.05) is 58.4 Å². The van der Waals surface area contributed by atoms with Crippen LogP contribution in [0.15, 0.2) is 67.0 Å². The SMILES string of the molecule is [Ir].[c-]1ccccc1-c1nccn1-c1c(C2CCCCC2)cc2sc3ccccc3c2c1C1CCCCC1. The fourth-order valence-corrected chi connectivity index (χ4v) is 8.10. The Hall–Kier alpha value is -2.26. The number of hydrogen-bond acceptors (Lipinski definition) is 2. The molecule has 2 aliphatic carbocycles. The van der Waals surface area contributed by atoms with E-state index in [0.717, 1.165) is 11.4 Å². The van der Waals surface area contributed by atoms with Gasteiger partial charge in [-0.1, -0.05) is 56.7 Å². The maximum absolute atomic E-state index is 4.90. The molecule has 0 unspecified atom stereocenters. The largest absolute Gasteiger partial charge is 0.339 e. The number of aromatic nitrogens is 2. The molecule has 0 atom stereocenters. The third kappa shape index (κ3) is 4.52. The second-order valence-corrected chi connectivity index (χ2v) is 11.9. The van der Waals surface area contributed by atoms with Gasteiger partial charge in [0.25, 0.3) is 0 Å². The van der Waals surface area contributed by atoms with E-state index in [1.807, 2.05) is 29.7 Å². The van der Waals surface area contributed by atoms with Crippen molar-refractivity contribution in [2.75, 3.05) is 0 Å². The van der Waals surface area contributed by atoms with Crippen LogP contribution in [-0.4, -0.2) is 9.55 Å². The van der Waals surface area contributed by atoms with Gasteiger partial charge in [-0.05, 0) is 60.8 Å². The minimum absolute atomic E-state index is 0. The number of imidazole rings is 1. The molecule has 2 aromatic heterocycles. The number of rotatable bonds is 4. The predicted octanol–water partition coefficient (Wildman–Crippen LogP) is 9.80. The molecule has 0 aliphatic heterocycles. The van der Waals surface area contributed by atoms with E-state index in [9.17, 15) is 0 Å². The predicted molar refractivity (Wildman–Crippen MR) is 152 cm³/mol. The fourth-order valence-electron chi connectivity index (χ4n) is 6.93. The molecule has 3 aromatic carbocycles. The van der Waals surface area contributed by atoms with Crippen molar-refractivity contribution in [2.45, 2.75) is 76.0 Å². The molecule has 0 bridgehead atoms. The minimum atomic E-state index is 0. The van der Waals surface area contributed by atoms with Gasteiger partial charge in [-0.3, -0.25) is 4.98 Å². The summed E-state index contributed by atoms with van der Waals surface area (Å²) >= 11 is 1.99. The maximum atomic E-state index is 4.90. The van der Waals surface area contributed by atoms with Gasteiger partial charge in [0.05, 0.1) is 5.82 Å². The molecule has 2 fully saturated rings. The summed E-state index contributed by atoms with van der Waals surface area (Å²) in [7, 11) is 0. The van der Waals surface area contributed by atoms with Gasteiger partial charge in [0.1, 0.15) is 0 Å². The minimum Gasteiger partial charge on any atom is -0.339 e. The topological polar surface area (TPSA) is 17.8 Å². The number of hydrogen-bond donors (Lipinski definition) is 0. The molecule has 0 saturated heterocycles. The molecule has 2 aliphatic rings. The van der Waals surface area contributed by atoms with E-state index >= 15 is 0 Å². The molecule has 2 heterocycles. The second kappa shape index (κ2) is 10.8. The summed E-state index contributed by atoms with van der Waals surface area (Å²) in [6.07, 6.45) is 17.5. The van der Waals surface area contributed by atoms with Crippen LogP contribution in [0.2, 0.25) is 0 Å². The van der Waals surface area contributed by atoms with Gasteiger partial charge in [0.15, 0.2) is 0 Å². The zero-order valence-electron chi connectivity index (χ0n) is 21.2. The van der Waals surface area contributed by atoms with Crippen molar-refractivity contribution in [1.29, 1.82) is 0 Å². The molecule has 2 nitrogen and oxygen atoms in total. The zero-order valence-corrected chi connectivity index (χ0v) is 24.4. The van der Waals surface area contributed by atoms with Crippen LogP contribution in [0.5, 0.6) is 0 Å². The number of fused-ring (bicyclic) bond motifs is 3. The average Bonchev–Trinajstić information content (AvgIpc) is 3.58. The van der Waals surface area contributed by atoms with Crippen molar-refractivity contribution >= 4 is 31.5 Å². The van der Waals surface area contributed by atoms with Gasteiger partial charge in [0.2, 0.25) is 0 Å². The zero-order chi connectivity index (χ0) is 23.9. The van der Waals surface area contributed by atoms with Gasteiger partial charge in [-0.25, -0.2) is 0 Å². The molecule has 4 heteroatoms.